The summed E-state index contributed by atoms with van der Waals surface area (Å²) in [5.74, 6) is 1.80. The minimum atomic E-state index is 0.0110. The van der Waals surface area contributed by atoms with E-state index in [4.69, 9.17) is 9.47 Å². The van der Waals surface area contributed by atoms with E-state index in [1.807, 2.05) is 19.2 Å². The second-order valence-corrected chi connectivity index (χ2v) is 6.29. The van der Waals surface area contributed by atoms with E-state index in [1.54, 1.807) is 7.11 Å². The van der Waals surface area contributed by atoms with Crippen molar-refractivity contribution in [3.8, 4) is 5.75 Å². The maximum absolute atomic E-state index is 5.87. The van der Waals surface area contributed by atoms with Crippen molar-refractivity contribution < 1.29 is 9.47 Å². The molecule has 0 aliphatic carbocycles. The van der Waals surface area contributed by atoms with Gasteiger partial charge in [0.2, 0.25) is 0 Å². The lowest BCUT2D eigenvalue weighted by molar-refractivity contribution is -0.0371. The van der Waals surface area contributed by atoms with Crippen molar-refractivity contribution in [2.75, 3.05) is 26.8 Å². The van der Waals surface area contributed by atoms with Crippen LogP contribution in [0, 0.1) is 6.92 Å². The average Bonchev–Trinajstić information content (AvgIpc) is 3.20. The summed E-state index contributed by atoms with van der Waals surface area (Å²) in [5, 5.41) is 1.18. The molecule has 1 aliphatic rings. The van der Waals surface area contributed by atoms with Gasteiger partial charge in [-0.3, -0.25) is 4.90 Å². The van der Waals surface area contributed by atoms with E-state index < -0.39 is 0 Å². The number of aryl methyl sites for hydroxylation is 1. The number of nitrogens with one attached hydrogen (secondary N) is 2. The molecular weight excluding hydrogens is 304 g/mol. The molecule has 6 nitrogen and oxygen atoms in total. The molecule has 3 heterocycles. The Morgan fingerprint density at radius 1 is 1.33 bits per heavy atom. The molecule has 3 aromatic rings. The first-order valence-corrected chi connectivity index (χ1v) is 8.22. The summed E-state index contributed by atoms with van der Waals surface area (Å²) in [6, 6.07) is 8.29. The predicted octanol–water partition coefficient (Wildman–Crippen LogP) is 2.78. The van der Waals surface area contributed by atoms with Gasteiger partial charge in [0, 0.05) is 48.1 Å². The zero-order valence-corrected chi connectivity index (χ0v) is 14.0. The van der Waals surface area contributed by atoms with Gasteiger partial charge < -0.3 is 19.4 Å². The molecule has 0 spiro atoms. The Morgan fingerprint density at radius 2 is 2.25 bits per heavy atom. The van der Waals surface area contributed by atoms with Crippen LogP contribution in [0.3, 0.4) is 0 Å². The molecule has 126 valence electrons. The number of hydrogen-bond acceptors (Lipinski definition) is 4. The number of morpholine rings is 1. The second kappa shape index (κ2) is 6.30. The van der Waals surface area contributed by atoms with Gasteiger partial charge in [-0.15, -0.1) is 0 Å². The molecule has 0 saturated carbocycles. The van der Waals surface area contributed by atoms with Crippen LogP contribution in [0.25, 0.3) is 10.9 Å². The molecule has 1 unspecified atom stereocenters. The number of ether oxygens (including phenoxy) is 2. The second-order valence-electron chi connectivity index (χ2n) is 6.29. The van der Waals surface area contributed by atoms with Gasteiger partial charge in [-0.05, 0) is 31.2 Å². The van der Waals surface area contributed by atoms with Crippen molar-refractivity contribution in [1.29, 1.82) is 0 Å². The van der Waals surface area contributed by atoms with E-state index in [9.17, 15) is 0 Å². The van der Waals surface area contributed by atoms with Gasteiger partial charge in [-0.25, -0.2) is 4.98 Å². The molecule has 2 aromatic heterocycles. The number of imidazole rings is 1. The lowest BCUT2D eigenvalue weighted by atomic mass is 10.2. The van der Waals surface area contributed by atoms with E-state index >= 15 is 0 Å². The molecule has 6 heteroatoms. The van der Waals surface area contributed by atoms with Crippen molar-refractivity contribution in [3.63, 3.8) is 0 Å². The largest absolute Gasteiger partial charge is 0.497 e. The highest BCUT2D eigenvalue weighted by Crippen LogP contribution is 2.24. The van der Waals surface area contributed by atoms with Gasteiger partial charge in [0.15, 0.2) is 0 Å². The third kappa shape index (κ3) is 3.02. The number of benzene rings is 1. The standard InChI is InChI=1S/C18H22N4O2/c1-12-9-19-18(20-12)17-11-22(5-6-24-17)10-14-7-13-8-15(23-2)3-4-16(13)21-14/h3-4,7-9,17,21H,5-6,10-11H2,1-2H3,(H,19,20). The Hall–Kier alpha value is -2.31. The normalized spacial score (nSPS) is 19.0. The number of nitrogens with zero attached hydrogens (tertiary/aromatic N) is 2. The average molecular weight is 326 g/mol. The van der Waals surface area contributed by atoms with Crippen LogP contribution in [0.1, 0.15) is 23.3 Å². The van der Waals surface area contributed by atoms with E-state index in [1.165, 1.54) is 11.1 Å². The third-order valence-corrected chi connectivity index (χ3v) is 4.46. The van der Waals surface area contributed by atoms with Crippen molar-refractivity contribution in [3.05, 3.63) is 47.7 Å². The van der Waals surface area contributed by atoms with Crippen molar-refractivity contribution >= 4 is 10.9 Å². The van der Waals surface area contributed by atoms with Gasteiger partial charge in [-0.2, -0.15) is 0 Å². The fraction of sp³-hybridized carbons (Fsp3) is 0.389. The number of hydrogen-bond donors (Lipinski definition) is 2. The molecule has 1 saturated heterocycles. The summed E-state index contributed by atoms with van der Waals surface area (Å²) in [6.07, 6.45) is 1.86. The van der Waals surface area contributed by atoms with Crippen molar-refractivity contribution in [2.24, 2.45) is 0 Å². The highest BCUT2D eigenvalue weighted by Gasteiger charge is 2.24. The Balaban J connectivity index is 1.48. The van der Waals surface area contributed by atoms with Gasteiger partial charge in [0.05, 0.1) is 13.7 Å². The molecule has 1 atom stereocenters. The summed E-state index contributed by atoms with van der Waals surface area (Å²) in [7, 11) is 1.69. The highest BCUT2D eigenvalue weighted by atomic mass is 16.5. The maximum Gasteiger partial charge on any atom is 0.136 e. The topological polar surface area (TPSA) is 66.2 Å². The van der Waals surface area contributed by atoms with Crippen molar-refractivity contribution in [2.45, 2.75) is 19.6 Å². The Labute approximate surface area is 140 Å². The molecule has 1 aliphatic heterocycles. The zero-order valence-electron chi connectivity index (χ0n) is 14.0. The minimum absolute atomic E-state index is 0.0110. The summed E-state index contributed by atoms with van der Waals surface area (Å²) in [5.41, 5.74) is 3.40. The first-order chi connectivity index (χ1) is 11.7. The first kappa shape index (κ1) is 15.2. The van der Waals surface area contributed by atoms with E-state index in [-0.39, 0.29) is 6.10 Å². The molecule has 2 N–H and O–H groups in total. The minimum Gasteiger partial charge on any atom is -0.497 e. The van der Waals surface area contributed by atoms with E-state index in [2.05, 4.69) is 38.1 Å². The number of aromatic amines is 2. The van der Waals surface area contributed by atoms with Gasteiger partial charge in [-0.1, -0.05) is 0 Å². The summed E-state index contributed by atoms with van der Waals surface area (Å²) < 4.78 is 11.2. The Kier molecular flexibility index (Phi) is 4.00. The monoisotopic (exact) mass is 326 g/mol. The Bertz CT molecular complexity index is 839. The third-order valence-electron chi connectivity index (χ3n) is 4.46. The molecule has 0 amide bonds. The van der Waals surface area contributed by atoms with Gasteiger partial charge >= 0.3 is 0 Å². The van der Waals surface area contributed by atoms with Crippen LogP contribution >= 0.6 is 0 Å². The quantitative estimate of drug-likeness (QED) is 0.774. The fourth-order valence-electron chi connectivity index (χ4n) is 3.23. The van der Waals surface area contributed by atoms with Gasteiger partial charge in [0.25, 0.3) is 0 Å². The number of aromatic nitrogens is 3. The Morgan fingerprint density at radius 3 is 3.04 bits per heavy atom. The lowest BCUT2D eigenvalue weighted by Crippen LogP contribution is -2.38. The molecule has 0 bridgehead atoms. The first-order valence-electron chi connectivity index (χ1n) is 8.22. The van der Waals surface area contributed by atoms with Crippen LogP contribution < -0.4 is 4.74 Å². The summed E-state index contributed by atoms with van der Waals surface area (Å²) in [4.78, 5) is 13.6. The number of methoxy groups -OCH3 is 1. The predicted molar refractivity (Wildman–Crippen MR) is 92.1 cm³/mol. The molecular formula is C18H22N4O2. The molecule has 1 aromatic carbocycles. The summed E-state index contributed by atoms with van der Waals surface area (Å²) in [6.45, 7) is 5.37. The number of H-pyrrole nitrogens is 2. The molecule has 4 rings (SSSR count). The smallest absolute Gasteiger partial charge is 0.136 e. The molecule has 1 fully saturated rings. The van der Waals surface area contributed by atoms with Crippen LogP contribution in [0.5, 0.6) is 5.75 Å². The highest BCUT2D eigenvalue weighted by molar-refractivity contribution is 5.81. The zero-order chi connectivity index (χ0) is 16.5. The van der Waals surface area contributed by atoms with Crippen LogP contribution in [0.15, 0.2) is 30.5 Å². The van der Waals surface area contributed by atoms with Crippen LogP contribution in [-0.4, -0.2) is 46.7 Å². The fourth-order valence-corrected chi connectivity index (χ4v) is 3.23. The van der Waals surface area contributed by atoms with Gasteiger partial charge in [0.1, 0.15) is 17.7 Å². The van der Waals surface area contributed by atoms with Crippen molar-refractivity contribution in [1.82, 2.24) is 19.9 Å². The van der Waals surface area contributed by atoms with Crippen LogP contribution in [0.2, 0.25) is 0 Å². The molecule has 0 radical (unpaired) electrons. The lowest BCUT2D eigenvalue weighted by Gasteiger charge is -2.31. The van der Waals surface area contributed by atoms with Crippen LogP contribution in [0.4, 0.5) is 0 Å². The number of rotatable bonds is 4. The molecule has 24 heavy (non-hydrogen) atoms. The summed E-state index contributed by atoms with van der Waals surface area (Å²) >= 11 is 0. The SMILES string of the molecule is COc1ccc2[nH]c(CN3CCOC(c4ncc(C)[nH]4)C3)cc2c1. The van der Waals surface area contributed by atoms with E-state index in [0.717, 1.165) is 49.0 Å². The van der Waals surface area contributed by atoms with E-state index in [0.29, 0.717) is 0 Å². The number of fused-ring (bicyclic) bond motifs is 1. The maximum atomic E-state index is 5.87. The van der Waals surface area contributed by atoms with Crippen LogP contribution in [-0.2, 0) is 11.3 Å².